The van der Waals surface area contributed by atoms with E-state index in [2.05, 4.69) is 21.2 Å². The van der Waals surface area contributed by atoms with Crippen molar-refractivity contribution in [3.05, 3.63) is 67.1 Å². The Balaban J connectivity index is 1.83. The van der Waals surface area contributed by atoms with Gasteiger partial charge in [0.2, 0.25) is 0 Å². The summed E-state index contributed by atoms with van der Waals surface area (Å²) < 4.78 is 5.92. The maximum absolute atomic E-state index is 12.4. The van der Waals surface area contributed by atoms with Crippen LogP contribution in [0.25, 0.3) is 0 Å². The lowest BCUT2D eigenvalue weighted by Crippen LogP contribution is -2.38. The zero-order chi connectivity index (χ0) is 18.1. The Bertz CT molecular complexity index is 902. The fraction of sp³-hybridized carbons (Fsp3) is 0.125. The summed E-state index contributed by atoms with van der Waals surface area (Å²) in [4.78, 5) is 34.9. The molecule has 128 valence electrons. The number of cyclic esters (lactones) is 1. The second kappa shape index (κ2) is 6.81. The number of carbonyl (C=O) groups is 2. The van der Waals surface area contributed by atoms with Gasteiger partial charge in [-0.25, -0.2) is 4.79 Å². The molecule has 0 bridgehead atoms. The number of nitrogens with zero attached hydrogens (tertiary/aromatic N) is 1. The minimum atomic E-state index is -1.08. The molecular formula is C16H10BrClN2O5. The van der Waals surface area contributed by atoms with Crippen molar-refractivity contribution in [3.63, 3.8) is 0 Å². The lowest BCUT2D eigenvalue weighted by Gasteiger charge is -2.24. The highest BCUT2D eigenvalue weighted by Gasteiger charge is 2.32. The minimum Gasteiger partial charge on any atom is -0.448 e. The molecule has 0 spiro atoms. The third-order valence-corrected chi connectivity index (χ3v) is 4.38. The summed E-state index contributed by atoms with van der Waals surface area (Å²) in [5, 5.41) is 13.7. The number of nitro benzene ring substituents is 1. The number of hydrogen-bond donors (Lipinski definition) is 1. The largest absolute Gasteiger partial charge is 0.448 e. The maximum atomic E-state index is 12.4. The smallest absolute Gasteiger partial charge is 0.339 e. The van der Waals surface area contributed by atoms with E-state index in [1.54, 1.807) is 18.2 Å². The van der Waals surface area contributed by atoms with Crippen molar-refractivity contribution >= 4 is 50.8 Å². The molecule has 0 aromatic heterocycles. The summed E-state index contributed by atoms with van der Waals surface area (Å²) in [6.07, 6.45) is -0.905. The summed E-state index contributed by atoms with van der Waals surface area (Å²) in [5.41, 5.74) is 0.697. The molecule has 0 fully saturated rings. The van der Waals surface area contributed by atoms with Crippen LogP contribution in [0.1, 0.15) is 15.9 Å². The maximum Gasteiger partial charge on any atom is 0.339 e. The molecule has 1 aliphatic rings. The number of halogens is 2. The standard InChI is InChI=1S/C16H10BrClN2O5/c17-9-1-3-11-8(5-9)6-14(25-16(11)22)15(21)19-12-4-2-10(18)7-13(12)20(23)24/h1-5,7,14H,6H2,(H,19,21). The van der Waals surface area contributed by atoms with Gasteiger partial charge in [-0.05, 0) is 35.9 Å². The number of benzene rings is 2. The van der Waals surface area contributed by atoms with Crippen molar-refractivity contribution in [3.8, 4) is 0 Å². The number of ether oxygens (including phenoxy) is 1. The van der Waals surface area contributed by atoms with Crippen LogP contribution in [0.3, 0.4) is 0 Å². The number of carbonyl (C=O) groups excluding carboxylic acids is 2. The SMILES string of the molecule is O=C1OC(C(=O)Nc2ccc(Cl)cc2[N+](=O)[O-])Cc2cc(Br)ccc21. The van der Waals surface area contributed by atoms with Crippen molar-refractivity contribution in [1.29, 1.82) is 0 Å². The molecule has 7 nitrogen and oxygen atoms in total. The van der Waals surface area contributed by atoms with E-state index >= 15 is 0 Å². The van der Waals surface area contributed by atoms with E-state index in [0.29, 0.717) is 11.1 Å². The van der Waals surface area contributed by atoms with Crippen LogP contribution in [0.5, 0.6) is 0 Å². The summed E-state index contributed by atoms with van der Waals surface area (Å²) in [5.74, 6) is -1.26. The molecule has 0 saturated heterocycles. The van der Waals surface area contributed by atoms with Gasteiger partial charge in [0.05, 0.1) is 10.5 Å². The Morgan fingerprint density at radius 1 is 1.32 bits per heavy atom. The van der Waals surface area contributed by atoms with Gasteiger partial charge in [0.15, 0.2) is 6.10 Å². The van der Waals surface area contributed by atoms with E-state index in [0.717, 1.165) is 10.5 Å². The number of rotatable bonds is 3. The van der Waals surface area contributed by atoms with Crippen LogP contribution < -0.4 is 5.32 Å². The molecule has 1 atom stereocenters. The molecule has 1 heterocycles. The molecule has 0 saturated carbocycles. The van der Waals surface area contributed by atoms with Gasteiger partial charge in [-0.2, -0.15) is 0 Å². The Hall–Kier alpha value is -2.45. The van der Waals surface area contributed by atoms with Gasteiger partial charge in [-0.1, -0.05) is 27.5 Å². The van der Waals surface area contributed by atoms with Gasteiger partial charge >= 0.3 is 5.97 Å². The summed E-state index contributed by atoms with van der Waals surface area (Å²) in [6.45, 7) is 0. The average molecular weight is 426 g/mol. The van der Waals surface area contributed by atoms with Crippen molar-refractivity contribution in [2.45, 2.75) is 12.5 Å². The van der Waals surface area contributed by atoms with E-state index in [9.17, 15) is 19.7 Å². The van der Waals surface area contributed by atoms with E-state index < -0.39 is 22.9 Å². The Labute approximate surface area is 155 Å². The highest BCUT2D eigenvalue weighted by Crippen LogP contribution is 2.29. The fourth-order valence-electron chi connectivity index (χ4n) is 2.49. The topological polar surface area (TPSA) is 98.5 Å². The fourth-order valence-corrected chi connectivity index (χ4v) is 3.06. The van der Waals surface area contributed by atoms with Gasteiger partial charge in [0.1, 0.15) is 5.69 Å². The Morgan fingerprint density at radius 3 is 2.80 bits per heavy atom. The molecule has 0 radical (unpaired) electrons. The third kappa shape index (κ3) is 3.64. The predicted octanol–water partition coefficient (Wildman–Crippen LogP) is 3.73. The predicted molar refractivity (Wildman–Crippen MR) is 93.8 cm³/mol. The number of nitro groups is 1. The van der Waals surface area contributed by atoms with Crippen LogP contribution >= 0.6 is 27.5 Å². The van der Waals surface area contributed by atoms with E-state index in [1.165, 1.54) is 12.1 Å². The number of anilines is 1. The first-order chi connectivity index (χ1) is 11.8. The number of hydrogen-bond acceptors (Lipinski definition) is 5. The van der Waals surface area contributed by atoms with E-state index in [-0.39, 0.29) is 22.8 Å². The molecule has 1 N–H and O–H groups in total. The molecular weight excluding hydrogens is 416 g/mol. The van der Waals surface area contributed by atoms with Crippen molar-refractivity contribution in [2.24, 2.45) is 0 Å². The first-order valence-corrected chi connectivity index (χ1v) is 8.26. The first-order valence-electron chi connectivity index (χ1n) is 7.09. The number of fused-ring (bicyclic) bond motifs is 1. The highest BCUT2D eigenvalue weighted by atomic mass is 79.9. The second-order valence-electron chi connectivity index (χ2n) is 5.31. The first kappa shape index (κ1) is 17.4. The molecule has 3 rings (SSSR count). The van der Waals surface area contributed by atoms with Gasteiger partial charge in [0, 0.05) is 22.0 Å². The zero-order valence-corrected chi connectivity index (χ0v) is 14.8. The van der Waals surface area contributed by atoms with Crippen LogP contribution in [0.4, 0.5) is 11.4 Å². The molecule has 1 amide bonds. The quantitative estimate of drug-likeness (QED) is 0.459. The second-order valence-corrected chi connectivity index (χ2v) is 6.66. The third-order valence-electron chi connectivity index (χ3n) is 3.65. The molecule has 9 heteroatoms. The van der Waals surface area contributed by atoms with E-state index in [1.807, 2.05) is 0 Å². The van der Waals surface area contributed by atoms with Crippen molar-refractivity contribution in [2.75, 3.05) is 5.32 Å². The monoisotopic (exact) mass is 424 g/mol. The summed E-state index contributed by atoms with van der Waals surface area (Å²) >= 11 is 9.06. The number of esters is 1. The summed E-state index contributed by atoms with van der Waals surface area (Å²) in [7, 11) is 0. The molecule has 25 heavy (non-hydrogen) atoms. The zero-order valence-electron chi connectivity index (χ0n) is 12.5. The average Bonchev–Trinajstić information content (AvgIpc) is 2.55. The molecule has 2 aromatic rings. The van der Waals surface area contributed by atoms with Gasteiger partial charge in [-0.15, -0.1) is 0 Å². The molecule has 2 aromatic carbocycles. The highest BCUT2D eigenvalue weighted by molar-refractivity contribution is 9.10. The molecule has 1 aliphatic heterocycles. The van der Waals surface area contributed by atoms with Gasteiger partial charge in [0.25, 0.3) is 11.6 Å². The van der Waals surface area contributed by atoms with Crippen LogP contribution in [0.2, 0.25) is 5.02 Å². The van der Waals surface area contributed by atoms with Gasteiger partial charge < -0.3 is 10.1 Å². The van der Waals surface area contributed by atoms with E-state index in [4.69, 9.17) is 16.3 Å². The van der Waals surface area contributed by atoms with Crippen molar-refractivity contribution < 1.29 is 19.2 Å². The van der Waals surface area contributed by atoms with Crippen LogP contribution in [-0.4, -0.2) is 22.9 Å². The van der Waals surface area contributed by atoms with Crippen LogP contribution in [0, 0.1) is 10.1 Å². The Kier molecular flexibility index (Phi) is 4.73. The normalized spacial score (nSPS) is 15.9. The minimum absolute atomic E-state index is 0.0181. The Morgan fingerprint density at radius 2 is 2.08 bits per heavy atom. The lowest BCUT2D eigenvalue weighted by atomic mass is 9.98. The van der Waals surface area contributed by atoms with Gasteiger partial charge in [-0.3, -0.25) is 14.9 Å². The lowest BCUT2D eigenvalue weighted by molar-refractivity contribution is -0.383. The molecule has 1 unspecified atom stereocenters. The van der Waals surface area contributed by atoms with Crippen LogP contribution in [-0.2, 0) is 16.0 Å². The van der Waals surface area contributed by atoms with Crippen LogP contribution in [0.15, 0.2) is 40.9 Å². The number of nitrogens with one attached hydrogen (secondary N) is 1. The summed E-state index contributed by atoms with van der Waals surface area (Å²) in [6, 6.07) is 8.94. The molecule has 0 aliphatic carbocycles. The van der Waals surface area contributed by atoms with Crippen molar-refractivity contribution in [1.82, 2.24) is 0 Å². The number of amides is 1.